The van der Waals surface area contributed by atoms with Crippen LogP contribution in [0.4, 0.5) is 0 Å². The fraction of sp³-hybridized carbons (Fsp3) is 0.250. The van der Waals surface area contributed by atoms with E-state index < -0.39 is 11.9 Å². The maximum atomic E-state index is 10.5. The van der Waals surface area contributed by atoms with Gasteiger partial charge in [-0.05, 0) is 0 Å². The van der Waals surface area contributed by atoms with E-state index in [4.69, 9.17) is 0 Å². The van der Waals surface area contributed by atoms with Gasteiger partial charge in [0.25, 0.3) is 0 Å². The molecule has 0 aliphatic heterocycles. The van der Waals surface area contributed by atoms with Crippen LogP contribution in [-0.4, -0.2) is 25.4 Å². The first-order valence-corrected chi connectivity index (χ1v) is 3.49. The first kappa shape index (κ1) is 11.4. The first-order valence-electron chi connectivity index (χ1n) is 3.49. The van der Waals surface area contributed by atoms with Crippen molar-refractivity contribution in [1.29, 1.82) is 0 Å². The lowest BCUT2D eigenvalue weighted by molar-refractivity contribution is -0.141. The number of ether oxygens (including phenoxy) is 2. The second-order valence-electron chi connectivity index (χ2n) is 1.87. The molecule has 0 fully saturated rings. The number of esters is 2. The van der Waals surface area contributed by atoms with Crippen molar-refractivity contribution in [3.63, 3.8) is 0 Å². The van der Waals surface area contributed by atoms with Crippen LogP contribution < -0.4 is 5.32 Å². The average Bonchev–Trinajstić information content (AvgIpc) is 2.16. The zero-order valence-corrected chi connectivity index (χ0v) is 7.12. The number of hydrogen-bond donors (Lipinski definition) is 1. The maximum Gasteiger partial charge on any atom is 0.331 e. The number of nitrogens with one attached hydrogen (secondary N) is 1. The molecule has 5 heteroatoms. The van der Waals surface area contributed by atoms with Gasteiger partial charge in [0.05, 0.1) is 0 Å². The van der Waals surface area contributed by atoms with Gasteiger partial charge in [-0.15, -0.1) is 0 Å². The fourth-order valence-electron chi connectivity index (χ4n) is 0.404. The second-order valence-corrected chi connectivity index (χ2v) is 1.87. The van der Waals surface area contributed by atoms with Crippen LogP contribution in [0.25, 0.3) is 0 Å². The zero-order valence-electron chi connectivity index (χ0n) is 7.12. The fourth-order valence-corrected chi connectivity index (χ4v) is 0.404. The van der Waals surface area contributed by atoms with Crippen molar-refractivity contribution < 1.29 is 19.1 Å². The predicted molar refractivity (Wildman–Crippen MR) is 45.4 cm³/mol. The summed E-state index contributed by atoms with van der Waals surface area (Å²) in [6.07, 6.45) is 2.08. The Kier molecular flexibility index (Phi) is 6.17. The first-order chi connectivity index (χ1) is 6.20. The lowest BCUT2D eigenvalue weighted by Crippen LogP contribution is -2.24. The van der Waals surface area contributed by atoms with Crippen LogP contribution in [-0.2, 0) is 19.1 Å². The summed E-state index contributed by atoms with van der Waals surface area (Å²) in [5, 5.41) is 2.53. The second kappa shape index (κ2) is 7.05. The Morgan fingerprint density at radius 1 is 1.08 bits per heavy atom. The summed E-state index contributed by atoms with van der Waals surface area (Å²) in [6.45, 7) is 6.34. The van der Waals surface area contributed by atoms with Crippen molar-refractivity contribution in [3.8, 4) is 0 Å². The van der Waals surface area contributed by atoms with Crippen LogP contribution in [0.5, 0.6) is 0 Å². The van der Waals surface area contributed by atoms with E-state index in [-0.39, 0.29) is 13.5 Å². The molecular weight excluding hydrogens is 174 g/mol. The van der Waals surface area contributed by atoms with Crippen LogP contribution in [0.2, 0.25) is 0 Å². The number of carbonyl (C=O) groups is 2. The van der Waals surface area contributed by atoms with Gasteiger partial charge in [0.2, 0.25) is 0 Å². The van der Waals surface area contributed by atoms with Crippen LogP contribution in [0.1, 0.15) is 0 Å². The predicted octanol–water partition coefficient (Wildman–Crippen LogP) is -0.0506. The molecule has 13 heavy (non-hydrogen) atoms. The Bertz CT molecular complexity index is 190. The van der Waals surface area contributed by atoms with E-state index in [2.05, 4.69) is 27.9 Å². The van der Waals surface area contributed by atoms with Crippen LogP contribution in [0, 0.1) is 0 Å². The molecule has 0 aliphatic rings. The van der Waals surface area contributed by atoms with E-state index >= 15 is 0 Å². The molecule has 72 valence electrons. The molecule has 0 bridgehead atoms. The molecule has 0 saturated carbocycles. The van der Waals surface area contributed by atoms with Crippen molar-refractivity contribution >= 4 is 11.9 Å². The highest BCUT2D eigenvalue weighted by Gasteiger charge is 1.95. The van der Waals surface area contributed by atoms with Crippen LogP contribution >= 0.6 is 0 Å². The molecule has 0 aliphatic carbocycles. The molecular formula is C8H11NO4. The summed E-state index contributed by atoms with van der Waals surface area (Å²) in [5.74, 6) is -1.08. The van der Waals surface area contributed by atoms with Gasteiger partial charge in [-0.1, -0.05) is 13.2 Å². The Morgan fingerprint density at radius 2 is 1.46 bits per heavy atom. The SMILES string of the molecule is C=CC(=O)OCNCOC(=O)C=C. The number of hydrogen-bond acceptors (Lipinski definition) is 5. The Morgan fingerprint density at radius 3 is 1.77 bits per heavy atom. The van der Waals surface area contributed by atoms with Crippen molar-refractivity contribution in [3.05, 3.63) is 25.3 Å². The molecule has 0 aromatic carbocycles. The molecule has 0 saturated heterocycles. The molecule has 0 amide bonds. The van der Waals surface area contributed by atoms with Gasteiger partial charge in [0, 0.05) is 12.2 Å². The Labute approximate surface area is 76.0 Å². The van der Waals surface area contributed by atoms with Crippen molar-refractivity contribution in [1.82, 2.24) is 5.32 Å². The number of carbonyl (C=O) groups excluding carboxylic acids is 2. The molecule has 0 radical (unpaired) electrons. The molecule has 0 atom stereocenters. The minimum atomic E-state index is -0.539. The summed E-state index contributed by atoms with van der Waals surface area (Å²) >= 11 is 0. The molecule has 0 unspecified atom stereocenters. The molecule has 0 rings (SSSR count). The summed E-state index contributed by atoms with van der Waals surface area (Å²) in [7, 11) is 0. The summed E-state index contributed by atoms with van der Waals surface area (Å²) < 4.78 is 9.04. The third-order valence-electron chi connectivity index (χ3n) is 0.966. The lowest BCUT2D eigenvalue weighted by Gasteiger charge is -2.04. The highest BCUT2D eigenvalue weighted by atomic mass is 16.6. The zero-order chi connectivity index (χ0) is 10.1. The van der Waals surface area contributed by atoms with Gasteiger partial charge in [0.15, 0.2) is 0 Å². The largest absolute Gasteiger partial charge is 0.446 e. The van der Waals surface area contributed by atoms with E-state index in [1.165, 1.54) is 0 Å². The van der Waals surface area contributed by atoms with Crippen molar-refractivity contribution in [2.75, 3.05) is 13.5 Å². The van der Waals surface area contributed by atoms with E-state index in [1.807, 2.05) is 0 Å². The van der Waals surface area contributed by atoms with E-state index in [0.717, 1.165) is 12.2 Å². The van der Waals surface area contributed by atoms with E-state index in [9.17, 15) is 9.59 Å². The molecule has 0 heterocycles. The standard InChI is InChI=1S/C8H11NO4/c1-3-7(10)12-5-9-6-13-8(11)4-2/h3-4,9H,1-2,5-6H2. The third kappa shape index (κ3) is 6.77. The highest BCUT2D eigenvalue weighted by Crippen LogP contribution is 1.78. The quantitative estimate of drug-likeness (QED) is 0.272. The average molecular weight is 185 g/mol. The normalized spacial score (nSPS) is 8.62. The summed E-state index contributed by atoms with van der Waals surface area (Å²) in [4.78, 5) is 20.9. The van der Waals surface area contributed by atoms with Gasteiger partial charge in [-0.25, -0.2) is 9.59 Å². The van der Waals surface area contributed by atoms with Gasteiger partial charge >= 0.3 is 11.9 Å². The minimum Gasteiger partial charge on any atom is -0.446 e. The molecule has 5 nitrogen and oxygen atoms in total. The van der Waals surface area contributed by atoms with Gasteiger partial charge in [-0.3, -0.25) is 5.32 Å². The molecule has 1 N–H and O–H groups in total. The Balaban J connectivity index is 3.26. The molecule has 0 aromatic heterocycles. The minimum absolute atomic E-state index is 0.0325. The lowest BCUT2D eigenvalue weighted by atomic mass is 10.7. The molecule has 0 aromatic rings. The van der Waals surface area contributed by atoms with Gasteiger partial charge in [-0.2, -0.15) is 0 Å². The van der Waals surface area contributed by atoms with Crippen molar-refractivity contribution in [2.45, 2.75) is 0 Å². The Hall–Kier alpha value is -1.62. The van der Waals surface area contributed by atoms with E-state index in [0.29, 0.717) is 0 Å². The van der Waals surface area contributed by atoms with Crippen LogP contribution in [0.15, 0.2) is 25.3 Å². The summed E-state index contributed by atoms with van der Waals surface area (Å²) in [5.41, 5.74) is 0. The van der Waals surface area contributed by atoms with Crippen molar-refractivity contribution in [2.24, 2.45) is 0 Å². The molecule has 0 spiro atoms. The third-order valence-corrected chi connectivity index (χ3v) is 0.966. The number of rotatable bonds is 6. The van der Waals surface area contributed by atoms with E-state index in [1.54, 1.807) is 0 Å². The maximum absolute atomic E-state index is 10.5. The smallest absolute Gasteiger partial charge is 0.331 e. The summed E-state index contributed by atoms with van der Waals surface area (Å²) in [6, 6.07) is 0. The topological polar surface area (TPSA) is 64.6 Å². The highest BCUT2D eigenvalue weighted by molar-refractivity contribution is 5.81. The van der Waals surface area contributed by atoms with Gasteiger partial charge < -0.3 is 9.47 Å². The van der Waals surface area contributed by atoms with Gasteiger partial charge in [0.1, 0.15) is 13.5 Å². The monoisotopic (exact) mass is 185 g/mol. The van der Waals surface area contributed by atoms with Crippen LogP contribution in [0.3, 0.4) is 0 Å².